The molecule has 0 spiro atoms. The summed E-state index contributed by atoms with van der Waals surface area (Å²) < 4.78 is 2.64. The van der Waals surface area contributed by atoms with E-state index in [1.54, 1.807) is 0 Å². The Morgan fingerprint density at radius 2 is 0.661 bits per heavy atom. The number of hydrogen-bond donors (Lipinski definition) is 0. The molecular weight excluding hydrogens is 729 g/mol. The molecule has 1 aliphatic carbocycles. The number of benzene rings is 10. The molecule has 12 rings (SSSR count). The predicted octanol–water partition coefficient (Wildman–Crippen LogP) is 16.9. The highest BCUT2D eigenvalue weighted by atomic mass is 32.1. The first-order valence-electron chi connectivity index (χ1n) is 20.3. The van der Waals surface area contributed by atoms with E-state index in [1.165, 1.54) is 120 Å². The lowest BCUT2D eigenvalue weighted by molar-refractivity contribution is 1.54. The minimum Gasteiger partial charge on any atom is -0.135 e. The molecule has 0 aliphatic heterocycles. The minimum absolute atomic E-state index is 1.21. The molecule has 0 atom stereocenters. The number of thiophene rings is 1. The Morgan fingerprint density at radius 1 is 0.237 bits per heavy atom. The van der Waals surface area contributed by atoms with Gasteiger partial charge in [0.1, 0.15) is 0 Å². The van der Waals surface area contributed by atoms with E-state index in [0.29, 0.717) is 0 Å². The Kier molecular flexibility index (Phi) is 7.82. The van der Waals surface area contributed by atoms with Crippen LogP contribution in [0.15, 0.2) is 218 Å². The zero-order valence-corrected chi connectivity index (χ0v) is 33.0. The molecule has 10 aromatic carbocycles. The van der Waals surface area contributed by atoms with Gasteiger partial charge in [-0.1, -0.05) is 206 Å². The largest absolute Gasteiger partial charge is 0.135 e. The fraction of sp³-hybridized carbons (Fsp3) is 0. The number of rotatable bonds is 6. The molecule has 0 nitrogen and oxygen atoms in total. The second kappa shape index (κ2) is 13.7. The third-order valence-corrected chi connectivity index (χ3v) is 13.4. The van der Waals surface area contributed by atoms with Crippen molar-refractivity contribution in [3.63, 3.8) is 0 Å². The van der Waals surface area contributed by atoms with Crippen LogP contribution < -0.4 is 0 Å². The molecule has 1 aromatic heterocycles. The first kappa shape index (κ1) is 33.8. The maximum absolute atomic E-state index is 2.42. The monoisotopic (exact) mass is 764 g/mol. The maximum Gasteiger partial charge on any atom is 0.0434 e. The normalized spacial score (nSPS) is 11.7. The number of fused-ring (bicyclic) bond motifs is 6. The van der Waals surface area contributed by atoms with Gasteiger partial charge in [-0.2, -0.15) is 0 Å². The summed E-state index contributed by atoms with van der Waals surface area (Å²) in [6.45, 7) is 0. The Bertz CT molecular complexity index is 3270. The van der Waals surface area contributed by atoms with Gasteiger partial charge in [-0.25, -0.2) is 0 Å². The maximum atomic E-state index is 2.42. The van der Waals surface area contributed by atoms with Gasteiger partial charge in [-0.3, -0.25) is 0 Å². The summed E-state index contributed by atoms with van der Waals surface area (Å²) in [7, 11) is 0. The fourth-order valence-electron chi connectivity index (χ4n) is 9.74. The van der Waals surface area contributed by atoms with Crippen molar-refractivity contribution in [1.29, 1.82) is 0 Å². The molecule has 0 N–H and O–H groups in total. The molecule has 0 amide bonds. The van der Waals surface area contributed by atoms with E-state index in [-0.39, 0.29) is 0 Å². The van der Waals surface area contributed by atoms with E-state index in [2.05, 4.69) is 218 Å². The van der Waals surface area contributed by atoms with Crippen LogP contribution in [0.4, 0.5) is 0 Å². The molecular formula is C58H36S. The topological polar surface area (TPSA) is 0 Å². The van der Waals surface area contributed by atoms with Crippen LogP contribution in [0.25, 0.3) is 120 Å². The van der Waals surface area contributed by atoms with Gasteiger partial charge < -0.3 is 0 Å². The molecule has 0 radical (unpaired) electrons. The minimum atomic E-state index is 1.21. The van der Waals surface area contributed by atoms with E-state index < -0.39 is 0 Å². The van der Waals surface area contributed by atoms with Crippen molar-refractivity contribution >= 4 is 42.3 Å². The van der Waals surface area contributed by atoms with Crippen molar-refractivity contribution in [2.24, 2.45) is 0 Å². The summed E-state index contributed by atoms with van der Waals surface area (Å²) >= 11 is 1.91. The second-order valence-electron chi connectivity index (χ2n) is 15.5. The van der Waals surface area contributed by atoms with Crippen molar-refractivity contribution in [3.05, 3.63) is 218 Å². The van der Waals surface area contributed by atoms with Gasteiger partial charge in [0.15, 0.2) is 0 Å². The molecule has 0 unspecified atom stereocenters. The first-order valence-corrected chi connectivity index (χ1v) is 21.2. The van der Waals surface area contributed by atoms with Gasteiger partial charge in [0, 0.05) is 25.7 Å². The average molecular weight is 765 g/mol. The van der Waals surface area contributed by atoms with Crippen LogP contribution >= 0.6 is 11.3 Å². The summed E-state index contributed by atoms with van der Waals surface area (Å²) in [5.41, 5.74) is 20.2. The molecule has 11 aromatic rings. The lowest BCUT2D eigenvalue weighted by Gasteiger charge is -2.26. The van der Waals surface area contributed by atoms with Gasteiger partial charge in [0.05, 0.1) is 0 Å². The van der Waals surface area contributed by atoms with Gasteiger partial charge in [0.2, 0.25) is 0 Å². The van der Waals surface area contributed by atoms with E-state index in [1.807, 2.05) is 11.3 Å². The summed E-state index contributed by atoms with van der Waals surface area (Å²) in [5, 5.41) is 5.23. The second-order valence-corrected chi connectivity index (χ2v) is 16.5. The van der Waals surface area contributed by atoms with E-state index in [4.69, 9.17) is 0 Å². The fourth-order valence-corrected chi connectivity index (χ4v) is 11.0. The van der Waals surface area contributed by atoms with E-state index in [9.17, 15) is 0 Å². The van der Waals surface area contributed by atoms with E-state index in [0.717, 1.165) is 0 Å². The molecule has 1 heteroatoms. The van der Waals surface area contributed by atoms with Crippen LogP contribution in [0.2, 0.25) is 0 Å². The summed E-state index contributed by atoms with van der Waals surface area (Å²) in [4.78, 5) is 0. The van der Waals surface area contributed by atoms with Crippen molar-refractivity contribution in [1.82, 2.24) is 0 Å². The summed E-state index contributed by atoms with van der Waals surface area (Å²) in [5.74, 6) is 0. The molecule has 0 saturated heterocycles. The molecule has 0 fully saturated rings. The van der Waals surface area contributed by atoms with Gasteiger partial charge in [-0.15, -0.1) is 11.3 Å². The molecule has 1 aliphatic rings. The lowest BCUT2D eigenvalue weighted by atomic mass is 9.76. The van der Waals surface area contributed by atoms with Gasteiger partial charge in [-0.05, 0) is 106 Å². The molecule has 0 saturated carbocycles. The van der Waals surface area contributed by atoms with Crippen LogP contribution in [0.1, 0.15) is 0 Å². The summed E-state index contributed by atoms with van der Waals surface area (Å²) in [6.07, 6.45) is 0. The standard InChI is InChI=1S/C58H36S/c1-6-18-37(19-7-1)42-32-35-50-49(36-42)46-30-17-29-45(58(46)59-50)43-33-34-48-55-44(43)28-16-31-47(55)56-53(40-24-12-4-13-25-40)51(38-20-8-2-9-21-38)52(39-22-10-3-11-23-39)54(57(48)56)41-26-14-5-15-27-41/h1-36H. The Morgan fingerprint density at radius 3 is 1.19 bits per heavy atom. The highest BCUT2D eigenvalue weighted by Gasteiger charge is 2.34. The zero-order chi connectivity index (χ0) is 38.9. The van der Waals surface area contributed by atoms with Crippen molar-refractivity contribution in [2.75, 3.05) is 0 Å². The lowest BCUT2D eigenvalue weighted by Crippen LogP contribution is -1.99. The van der Waals surface area contributed by atoms with Gasteiger partial charge >= 0.3 is 0 Å². The van der Waals surface area contributed by atoms with Crippen LogP contribution in [-0.4, -0.2) is 0 Å². The van der Waals surface area contributed by atoms with Gasteiger partial charge in [0.25, 0.3) is 0 Å². The smallest absolute Gasteiger partial charge is 0.0434 e. The van der Waals surface area contributed by atoms with Crippen molar-refractivity contribution < 1.29 is 0 Å². The molecule has 1 heterocycles. The van der Waals surface area contributed by atoms with Crippen LogP contribution in [0.3, 0.4) is 0 Å². The Hall–Kier alpha value is -7.32. The van der Waals surface area contributed by atoms with Crippen LogP contribution in [0.5, 0.6) is 0 Å². The Balaban J connectivity index is 1.19. The summed E-state index contributed by atoms with van der Waals surface area (Å²) in [6, 6.07) is 80.6. The highest BCUT2D eigenvalue weighted by molar-refractivity contribution is 7.26. The van der Waals surface area contributed by atoms with Crippen molar-refractivity contribution in [3.8, 4) is 89.0 Å². The predicted molar refractivity (Wildman–Crippen MR) is 254 cm³/mol. The molecule has 59 heavy (non-hydrogen) atoms. The first-order chi connectivity index (χ1) is 29.3. The number of hydrogen-bond acceptors (Lipinski definition) is 1. The van der Waals surface area contributed by atoms with Crippen LogP contribution in [0, 0.1) is 0 Å². The SMILES string of the molecule is c1ccc(-c2ccc3sc4c(-c5ccc6c7c(cccc57)-c5c(-c7ccccc7)c(-c7ccccc7)c(-c7ccccc7)c(-c7ccccc7)c5-6)cccc4c3c2)cc1. The third-order valence-electron chi connectivity index (χ3n) is 12.2. The van der Waals surface area contributed by atoms with E-state index >= 15 is 0 Å². The quantitative estimate of drug-likeness (QED) is 0.158. The molecule has 274 valence electrons. The van der Waals surface area contributed by atoms with Crippen molar-refractivity contribution in [2.45, 2.75) is 0 Å². The third kappa shape index (κ3) is 5.29. The Labute approximate surface area is 348 Å². The average Bonchev–Trinajstić information content (AvgIpc) is 3.86. The van der Waals surface area contributed by atoms with Crippen LogP contribution in [-0.2, 0) is 0 Å². The zero-order valence-electron chi connectivity index (χ0n) is 32.2. The highest BCUT2D eigenvalue weighted by Crippen LogP contribution is 2.61. The molecule has 0 bridgehead atoms.